The van der Waals surface area contributed by atoms with Crippen LogP contribution in [-0.2, 0) is 0 Å². The monoisotopic (exact) mass is 282 g/mol. The zero-order chi connectivity index (χ0) is 15.2. The number of pyridine rings is 1. The van der Waals surface area contributed by atoms with Crippen LogP contribution in [0.3, 0.4) is 0 Å². The second kappa shape index (κ2) is 6.51. The minimum atomic E-state index is 0.598. The Hall–Kier alpha value is -3.18. The van der Waals surface area contributed by atoms with Gasteiger partial charge in [0, 0.05) is 11.8 Å². The van der Waals surface area contributed by atoms with Crippen molar-refractivity contribution in [2.75, 3.05) is 0 Å². The Kier molecular flexibility index (Phi) is 4.08. The summed E-state index contributed by atoms with van der Waals surface area (Å²) in [5.41, 5.74) is 4.30. The van der Waals surface area contributed by atoms with E-state index in [1.165, 1.54) is 0 Å². The molecule has 0 N–H and O–H groups in total. The molecule has 0 aliphatic carbocycles. The summed E-state index contributed by atoms with van der Waals surface area (Å²) in [6.07, 6.45) is 5.60. The van der Waals surface area contributed by atoms with Gasteiger partial charge in [-0.2, -0.15) is 5.26 Å². The van der Waals surface area contributed by atoms with Gasteiger partial charge in [-0.1, -0.05) is 66.7 Å². The first-order valence-electron chi connectivity index (χ1n) is 7.06. The number of hydrogen-bond acceptors (Lipinski definition) is 2. The largest absolute Gasteiger partial charge is 0.255 e. The van der Waals surface area contributed by atoms with E-state index in [1.807, 2.05) is 78.9 Å². The van der Waals surface area contributed by atoms with Gasteiger partial charge in [-0.3, -0.25) is 4.98 Å². The second-order valence-electron chi connectivity index (χ2n) is 4.84. The molecule has 2 nitrogen and oxygen atoms in total. The molecule has 0 saturated carbocycles. The summed E-state index contributed by atoms with van der Waals surface area (Å²) in [5.74, 6) is 0. The zero-order valence-electron chi connectivity index (χ0n) is 12.0. The lowest BCUT2D eigenvalue weighted by Gasteiger charge is -2.06. The van der Waals surface area contributed by atoms with E-state index in [4.69, 9.17) is 0 Å². The van der Waals surface area contributed by atoms with Crippen LogP contribution in [0.2, 0.25) is 0 Å². The summed E-state index contributed by atoms with van der Waals surface area (Å²) in [6.45, 7) is 0. The van der Waals surface area contributed by atoms with Gasteiger partial charge >= 0.3 is 0 Å². The molecule has 2 heteroatoms. The fraction of sp³-hybridized carbons (Fsp3) is 0. The van der Waals surface area contributed by atoms with Gasteiger partial charge in [0.1, 0.15) is 6.07 Å². The predicted molar refractivity (Wildman–Crippen MR) is 89.8 cm³/mol. The Bertz CT molecular complexity index is 829. The molecule has 0 fully saturated rings. The van der Waals surface area contributed by atoms with Crippen molar-refractivity contribution in [3.63, 3.8) is 0 Å². The topological polar surface area (TPSA) is 36.7 Å². The van der Waals surface area contributed by atoms with E-state index in [2.05, 4.69) is 11.1 Å². The van der Waals surface area contributed by atoms with Crippen molar-refractivity contribution >= 4 is 12.2 Å². The highest BCUT2D eigenvalue weighted by atomic mass is 14.7. The minimum absolute atomic E-state index is 0.598. The smallest absolute Gasteiger partial charge is 0.102 e. The van der Waals surface area contributed by atoms with E-state index in [1.54, 1.807) is 6.20 Å². The molecule has 0 aliphatic rings. The Morgan fingerprint density at radius 2 is 1.50 bits per heavy atom. The maximum absolute atomic E-state index is 9.53. The first-order valence-corrected chi connectivity index (χ1v) is 7.06. The van der Waals surface area contributed by atoms with Gasteiger partial charge in [0.2, 0.25) is 0 Å². The molecule has 3 aromatic rings. The summed E-state index contributed by atoms with van der Waals surface area (Å²) in [5, 5.41) is 9.53. The first-order chi connectivity index (χ1) is 10.9. The van der Waals surface area contributed by atoms with Crippen LogP contribution in [0.5, 0.6) is 0 Å². The van der Waals surface area contributed by atoms with E-state index in [-0.39, 0.29) is 0 Å². The number of nitrogens with zero attached hydrogens (tertiary/aromatic N) is 2. The minimum Gasteiger partial charge on any atom is -0.255 e. The third-order valence-electron chi connectivity index (χ3n) is 3.41. The normalized spacial score (nSPS) is 10.5. The van der Waals surface area contributed by atoms with Crippen LogP contribution < -0.4 is 0 Å². The highest BCUT2D eigenvalue weighted by Crippen LogP contribution is 2.25. The highest BCUT2D eigenvalue weighted by molar-refractivity contribution is 5.78. The van der Waals surface area contributed by atoms with Crippen LogP contribution in [0.25, 0.3) is 23.3 Å². The molecule has 0 amide bonds. The van der Waals surface area contributed by atoms with Gasteiger partial charge in [0.05, 0.1) is 11.3 Å². The summed E-state index contributed by atoms with van der Waals surface area (Å²) < 4.78 is 0. The first kappa shape index (κ1) is 13.8. The van der Waals surface area contributed by atoms with E-state index >= 15 is 0 Å². The molecule has 0 spiro atoms. The molecule has 0 bridgehead atoms. The van der Waals surface area contributed by atoms with Gasteiger partial charge in [0.25, 0.3) is 0 Å². The lowest BCUT2D eigenvalue weighted by Crippen LogP contribution is -1.92. The lowest BCUT2D eigenvalue weighted by atomic mass is 9.99. The molecule has 0 atom stereocenters. The van der Waals surface area contributed by atoms with Crippen molar-refractivity contribution in [3.8, 4) is 17.2 Å². The predicted octanol–water partition coefficient (Wildman–Crippen LogP) is 4.79. The molecule has 1 heterocycles. The van der Waals surface area contributed by atoms with Crippen LogP contribution >= 0.6 is 0 Å². The maximum atomic E-state index is 9.53. The van der Waals surface area contributed by atoms with Gasteiger partial charge in [-0.25, -0.2) is 0 Å². The van der Waals surface area contributed by atoms with Gasteiger partial charge in [-0.15, -0.1) is 0 Å². The van der Waals surface area contributed by atoms with Crippen LogP contribution in [-0.4, -0.2) is 4.98 Å². The fourth-order valence-corrected chi connectivity index (χ4v) is 2.32. The number of nitriles is 1. The third-order valence-corrected chi connectivity index (χ3v) is 3.41. The quantitative estimate of drug-likeness (QED) is 0.692. The van der Waals surface area contributed by atoms with E-state index < -0.39 is 0 Å². The zero-order valence-corrected chi connectivity index (χ0v) is 12.0. The molecule has 0 aliphatic heterocycles. The van der Waals surface area contributed by atoms with Crippen LogP contribution in [0.1, 0.15) is 16.8 Å². The third kappa shape index (κ3) is 2.94. The molecule has 0 saturated heterocycles. The molecule has 0 unspecified atom stereocenters. The molecular weight excluding hydrogens is 268 g/mol. The van der Waals surface area contributed by atoms with Gasteiger partial charge in [0.15, 0.2) is 0 Å². The fourth-order valence-electron chi connectivity index (χ4n) is 2.32. The van der Waals surface area contributed by atoms with Gasteiger partial charge < -0.3 is 0 Å². The van der Waals surface area contributed by atoms with Gasteiger partial charge in [-0.05, 0) is 23.3 Å². The van der Waals surface area contributed by atoms with Crippen molar-refractivity contribution in [1.29, 1.82) is 5.26 Å². The maximum Gasteiger partial charge on any atom is 0.102 e. The molecule has 3 rings (SSSR count). The van der Waals surface area contributed by atoms with Crippen molar-refractivity contribution in [2.24, 2.45) is 0 Å². The second-order valence-corrected chi connectivity index (χ2v) is 4.84. The summed E-state index contributed by atoms with van der Waals surface area (Å²) in [4.78, 5) is 4.34. The number of aromatic nitrogens is 1. The van der Waals surface area contributed by atoms with Crippen LogP contribution in [0.4, 0.5) is 0 Å². The van der Waals surface area contributed by atoms with Crippen LogP contribution in [0.15, 0.2) is 72.9 Å². The Balaban J connectivity index is 2.03. The average Bonchev–Trinajstić information content (AvgIpc) is 2.61. The molecule has 0 radical (unpaired) electrons. The lowest BCUT2D eigenvalue weighted by molar-refractivity contribution is 1.27. The van der Waals surface area contributed by atoms with Crippen LogP contribution in [0, 0.1) is 11.3 Å². The SMILES string of the molecule is N#Cc1c(-c2ccccc2)ccnc1/C=C/c1ccccc1. The Morgan fingerprint density at radius 3 is 2.18 bits per heavy atom. The van der Waals surface area contributed by atoms with E-state index in [0.29, 0.717) is 11.3 Å². The standard InChI is InChI=1S/C20H14N2/c21-15-19-18(17-9-5-2-6-10-17)13-14-22-20(19)12-11-16-7-3-1-4-8-16/h1-14H/b12-11+. The average molecular weight is 282 g/mol. The number of hydrogen-bond donors (Lipinski definition) is 0. The Morgan fingerprint density at radius 1 is 0.818 bits per heavy atom. The molecule has 1 aromatic heterocycles. The summed E-state index contributed by atoms with van der Waals surface area (Å²) in [7, 11) is 0. The van der Waals surface area contributed by atoms with Crippen molar-refractivity contribution in [2.45, 2.75) is 0 Å². The van der Waals surface area contributed by atoms with Crippen molar-refractivity contribution in [3.05, 3.63) is 89.7 Å². The molecule has 22 heavy (non-hydrogen) atoms. The van der Waals surface area contributed by atoms with E-state index in [0.717, 1.165) is 16.7 Å². The number of rotatable bonds is 3. The molecule has 2 aromatic carbocycles. The highest BCUT2D eigenvalue weighted by Gasteiger charge is 2.08. The molecule has 104 valence electrons. The van der Waals surface area contributed by atoms with Crippen molar-refractivity contribution in [1.82, 2.24) is 4.98 Å². The van der Waals surface area contributed by atoms with E-state index in [9.17, 15) is 5.26 Å². The molecular formula is C20H14N2. The number of benzene rings is 2. The summed E-state index contributed by atoms with van der Waals surface area (Å²) >= 11 is 0. The Labute approximate surface area is 130 Å². The summed E-state index contributed by atoms with van der Waals surface area (Å²) in [6, 6.07) is 24.1. The van der Waals surface area contributed by atoms with Crippen molar-refractivity contribution < 1.29 is 0 Å².